The maximum Gasteiger partial charge on any atom is 0.449 e. The number of halogens is 3. The number of nitrogens with one attached hydrogen (secondary N) is 2. The van der Waals surface area contributed by atoms with Gasteiger partial charge in [0, 0.05) is 17.0 Å². The van der Waals surface area contributed by atoms with Crippen LogP contribution >= 0.6 is 11.8 Å². The van der Waals surface area contributed by atoms with Gasteiger partial charge in [0.1, 0.15) is 5.03 Å². The molecular weight excluding hydrogens is 393 g/mol. The normalized spacial score (nSPS) is 11.5. The Hall–Kier alpha value is -3.01. The minimum Gasteiger partial charge on any atom is -0.493 e. The largest absolute Gasteiger partial charge is 0.493 e. The van der Waals surface area contributed by atoms with Crippen molar-refractivity contribution >= 4 is 28.6 Å². The summed E-state index contributed by atoms with van der Waals surface area (Å²) < 4.78 is 50.8. The van der Waals surface area contributed by atoms with Gasteiger partial charge >= 0.3 is 6.18 Å². The number of nitrogens with zero attached hydrogens (tertiary/aromatic N) is 2. The summed E-state index contributed by atoms with van der Waals surface area (Å²) in [6.07, 6.45) is -4.95. The van der Waals surface area contributed by atoms with Crippen molar-refractivity contribution in [1.29, 1.82) is 10.8 Å². The molecule has 0 bridgehead atoms. The molecule has 28 heavy (non-hydrogen) atoms. The Bertz CT molecular complexity index is 1100. The summed E-state index contributed by atoms with van der Waals surface area (Å²) >= 11 is 1.04. The van der Waals surface area contributed by atoms with Crippen LogP contribution in [0, 0.1) is 10.8 Å². The highest BCUT2D eigenvalue weighted by Crippen LogP contribution is 2.33. The van der Waals surface area contributed by atoms with Crippen molar-refractivity contribution in [2.75, 3.05) is 14.2 Å². The molecule has 10 heteroatoms. The lowest BCUT2D eigenvalue weighted by atomic mass is 10.2. The van der Waals surface area contributed by atoms with Crippen LogP contribution in [0.5, 0.6) is 11.5 Å². The SMILES string of the molecule is COc1cc2nc(Sc3ccccc3)c(=N)n(C(=N)C(F)(F)F)c2cc1OC. The average Bonchev–Trinajstić information content (AvgIpc) is 2.67. The van der Waals surface area contributed by atoms with Crippen molar-refractivity contribution in [2.45, 2.75) is 16.1 Å². The van der Waals surface area contributed by atoms with E-state index in [-0.39, 0.29) is 27.6 Å². The van der Waals surface area contributed by atoms with Crippen molar-refractivity contribution in [3.8, 4) is 11.5 Å². The molecule has 2 N–H and O–H groups in total. The topological polar surface area (TPSA) is 84.0 Å². The van der Waals surface area contributed by atoms with E-state index in [1.165, 1.54) is 26.4 Å². The minimum atomic E-state index is -4.95. The third-order valence-electron chi connectivity index (χ3n) is 3.82. The smallest absolute Gasteiger partial charge is 0.449 e. The highest BCUT2D eigenvalue weighted by molar-refractivity contribution is 7.99. The number of hydrogen-bond donors (Lipinski definition) is 2. The Morgan fingerprint density at radius 3 is 2.25 bits per heavy atom. The van der Waals surface area contributed by atoms with E-state index in [1.54, 1.807) is 30.3 Å². The first-order chi connectivity index (χ1) is 13.3. The van der Waals surface area contributed by atoms with Gasteiger partial charge in [-0.15, -0.1) is 0 Å². The van der Waals surface area contributed by atoms with Crippen molar-refractivity contribution in [2.24, 2.45) is 0 Å². The summed E-state index contributed by atoms with van der Waals surface area (Å²) in [4.78, 5) is 5.04. The predicted octanol–water partition coefficient (Wildman–Crippen LogP) is 4.07. The predicted molar refractivity (Wildman–Crippen MR) is 98.4 cm³/mol. The van der Waals surface area contributed by atoms with Crippen molar-refractivity contribution in [3.05, 3.63) is 48.0 Å². The number of aromatic nitrogens is 2. The Morgan fingerprint density at radius 2 is 1.68 bits per heavy atom. The monoisotopic (exact) mass is 408 g/mol. The third-order valence-corrected chi connectivity index (χ3v) is 4.81. The van der Waals surface area contributed by atoms with Gasteiger partial charge in [0.25, 0.3) is 0 Å². The molecule has 0 spiro atoms. The molecule has 1 aromatic heterocycles. The summed E-state index contributed by atoms with van der Waals surface area (Å²) in [6.45, 7) is 0. The number of ether oxygens (including phenoxy) is 2. The lowest BCUT2D eigenvalue weighted by molar-refractivity contribution is -0.0624. The number of benzene rings is 2. The molecule has 0 radical (unpaired) electrons. The van der Waals surface area contributed by atoms with Crippen LogP contribution < -0.4 is 15.0 Å². The molecule has 0 aliphatic heterocycles. The quantitative estimate of drug-likeness (QED) is 0.504. The fourth-order valence-electron chi connectivity index (χ4n) is 2.53. The van der Waals surface area contributed by atoms with Gasteiger partial charge in [-0.3, -0.25) is 15.4 Å². The molecule has 1 heterocycles. The van der Waals surface area contributed by atoms with Gasteiger partial charge in [-0.05, 0) is 12.1 Å². The Balaban J connectivity index is 2.32. The summed E-state index contributed by atoms with van der Waals surface area (Å²) in [5.74, 6) is -1.24. The van der Waals surface area contributed by atoms with E-state index in [2.05, 4.69) is 4.98 Å². The van der Waals surface area contributed by atoms with Gasteiger partial charge < -0.3 is 9.47 Å². The first kappa shape index (κ1) is 19.7. The second kappa shape index (κ2) is 7.55. The lowest BCUT2D eigenvalue weighted by Crippen LogP contribution is -2.38. The maximum absolute atomic E-state index is 13.3. The Morgan fingerprint density at radius 1 is 1.07 bits per heavy atom. The zero-order valence-electron chi connectivity index (χ0n) is 14.8. The summed E-state index contributed by atoms with van der Waals surface area (Å²) in [5, 5.41) is 15.9. The van der Waals surface area contributed by atoms with Crippen LogP contribution in [0.15, 0.2) is 52.4 Å². The van der Waals surface area contributed by atoms with Crippen molar-refractivity contribution < 1.29 is 22.6 Å². The number of rotatable bonds is 4. The second-order valence-electron chi connectivity index (χ2n) is 5.56. The zero-order chi connectivity index (χ0) is 20.5. The van der Waals surface area contributed by atoms with Crippen LogP contribution in [-0.4, -0.2) is 35.8 Å². The van der Waals surface area contributed by atoms with E-state index in [0.717, 1.165) is 11.8 Å². The summed E-state index contributed by atoms with van der Waals surface area (Å²) in [6, 6.07) is 11.5. The summed E-state index contributed by atoms with van der Waals surface area (Å²) in [5.41, 5.74) is -0.487. The molecular formula is C18H15F3N4O2S. The minimum absolute atomic E-state index is 0.0277. The zero-order valence-corrected chi connectivity index (χ0v) is 15.6. The van der Waals surface area contributed by atoms with E-state index in [4.69, 9.17) is 20.3 Å². The fourth-order valence-corrected chi connectivity index (χ4v) is 3.38. The van der Waals surface area contributed by atoms with Crippen LogP contribution in [0.4, 0.5) is 13.2 Å². The Labute approximate surface area is 161 Å². The highest BCUT2D eigenvalue weighted by atomic mass is 32.2. The van der Waals surface area contributed by atoms with Gasteiger partial charge in [-0.2, -0.15) is 13.2 Å². The van der Waals surface area contributed by atoms with Crippen LogP contribution in [0.1, 0.15) is 0 Å². The molecule has 6 nitrogen and oxygen atoms in total. The van der Waals surface area contributed by atoms with Gasteiger partial charge in [0.05, 0.1) is 25.3 Å². The first-order valence-corrected chi connectivity index (χ1v) is 8.70. The summed E-state index contributed by atoms with van der Waals surface area (Å²) in [7, 11) is 2.74. The number of fused-ring (bicyclic) bond motifs is 1. The average molecular weight is 408 g/mol. The van der Waals surface area contributed by atoms with Crippen LogP contribution in [0.3, 0.4) is 0 Å². The standard InChI is InChI=1S/C18H15F3N4O2S/c1-26-13-8-11-12(9-14(13)27-2)25(17(23)18(19,20)21)15(22)16(24-11)28-10-6-4-3-5-7-10/h3-9,22-23H,1-2H3. The molecule has 0 amide bonds. The van der Waals surface area contributed by atoms with Crippen LogP contribution in [-0.2, 0) is 0 Å². The molecule has 3 aromatic rings. The van der Waals surface area contributed by atoms with Gasteiger partial charge in [0.15, 0.2) is 17.0 Å². The van der Waals surface area contributed by atoms with E-state index >= 15 is 0 Å². The van der Waals surface area contributed by atoms with Crippen LogP contribution in [0.25, 0.3) is 11.0 Å². The van der Waals surface area contributed by atoms with Crippen LogP contribution in [0.2, 0.25) is 0 Å². The van der Waals surface area contributed by atoms with E-state index in [1.807, 2.05) is 0 Å². The lowest BCUT2D eigenvalue weighted by Gasteiger charge is -2.17. The van der Waals surface area contributed by atoms with Gasteiger partial charge in [-0.25, -0.2) is 4.98 Å². The van der Waals surface area contributed by atoms with E-state index in [0.29, 0.717) is 9.46 Å². The van der Waals surface area contributed by atoms with E-state index in [9.17, 15) is 13.2 Å². The molecule has 146 valence electrons. The first-order valence-electron chi connectivity index (χ1n) is 7.88. The molecule has 0 aliphatic carbocycles. The molecule has 2 aromatic carbocycles. The molecule has 0 fully saturated rings. The molecule has 3 rings (SSSR count). The van der Waals surface area contributed by atoms with Crippen molar-refractivity contribution in [1.82, 2.24) is 9.55 Å². The maximum atomic E-state index is 13.3. The highest BCUT2D eigenvalue weighted by Gasteiger charge is 2.37. The molecule has 0 unspecified atom stereocenters. The molecule has 0 saturated carbocycles. The Kier molecular flexibility index (Phi) is 5.32. The number of hydrogen-bond acceptors (Lipinski definition) is 6. The van der Waals surface area contributed by atoms with E-state index < -0.39 is 17.5 Å². The molecule has 0 atom stereocenters. The fraction of sp³-hybridized carbons (Fsp3) is 0.167. The second-order valence-corrected chi connectivity index (χ2v) is 6.62. The molecule has 0 aliphatic rings. The van der Waals surface area contributed by atoms with Gasteiger partial charge in [-0.1, -0.05) is 30.0 Å². The molecule has 0 saturated heterocycles. The number of alkyl halides is 3. The van der Waals surface area contributed by atoms with Gasteiger partial charge in [0.2, 0.25) is 5.84 Å². The number of methoxy groups -OCH3 is 2. The van der Waals surface area contributed by atoms with Crippen molar-refractivity contribution in [3.63, 3.8) is 0 Å². The third kappa shape index (κ3) is 3.68.